The molecule has 9 nitrogen and oxygen atoms in total. The van der Waals surface area contributed by atoms with Crippen molar-refractivity contribution in [2.24, 2.45) is 0 Å². The van der Waals surface area contributed by atoms with Gasteiger partial charge in [0.25, 0.3) is 0 Å². The van der Waals surface area contributed by atoms with Crippen LogP contribution in [0.5, 0.6) is 0 Å². The second-order valence-corrected chi connectivity index (χ2v) is 28.6. The van der Waals surface area contributed by atoms with Gasteiger partial charge in [-0.2, -0.15) is 0 Å². The number of phosphoric ester groups is 1. The first kappa shape index (κ1) is 87.9. The van der Waals surface area contributed by atoms with Gasteiger partial charge in [-0.15, -0.1) is 0 Å². The zero-order valence-electron chi connectivity index (χ0n) is 60.6. The molecule has 2 N–H and O–H groups in total. The lowest BCUT2D eigenvalue weighted by molar-refractivity contribution is -0.870. The molecule has 0 radical (unpaired) electrons. The Morgan fingerprint density at radius 2 is 0.670 bits per heavy atom. The fourth-order valence-electron chi connectivity index (χ4n) is 11.1. The summed E-state index contributed by atoms with van der Waals surface area (Å²) in [5, 5.41) is 3.08. The summed E-state index contributed by atoms with van der Waals surface area (Å²) in [5.41, 5.74) is 0. The molecule has 0 spiro atoms. The summed E-state index contributed by atoms with van der Waals surface area (Å²) in [5.74, 6) is -0.504. The first-order chi connectivity index (χ1) is 44.4. The minimum atomic E-state index is -4.47. The molecule has 0 heterocycles. The topological polar surface area (TPSA) is 111 Å². The summed E-state index contributed by atoms with van der Waals surface area (Å²) in [4.78, 5) is 38.0. The number of nitrogens with one attached hydrogen (secondary N) is 1. The number of likely N-dealkylation sites (N-methyl/N-ethyl adjacent to an activating group) is 1. The number of rotatable bonds is 70. The Hall–Kier alpha value is -3.07. The second-order valence-electron chi connectivity index (χ2n) is 27.2. The van der Waals surface area contributed by atoms with Gasteiger partial charge in [0.05, 0.1) is 33.8 Å². The number of esters is 1. The lowest BCUT2D eigenvalue weighted by Gasteiger charge is -2.27. The maximum absolute atomic E-state index is 13.7. The number of allylic oxidation sites excluding steroid dienone is 15. The highest BCUT2D eigenvalue weighted by atomic mass is 31.2. The molecule has 91 heavy (non-hydrogen) atoms. The zero-order chi connectivity index (χ0) is 66.3. The zero-order valence-corrected chi connectivity index (χ0v) is 61.5. The predicted molar refractivity (Wildman–Crippen MR) is 397 cm³/mol. The molecule has 0 aromatic carbocycles. The number of unbranched alkanes of at least 4 members (excludes halogenated alkanes) is 40. The number of ether oxygens (including phenoxy) is 1. The van der Waals surface area contributed by atoms with Crippen LogP contribution in [0.25, 0.3) is 0 Å². The van der Waals surface area contributed by atoms with Gasteiger partial charge in [0.2, 0.25) is 5.91 Å². The van der Waals surface area contributed by atoms with Gasteiger partial charge in [-0.05, 0) is 115 Å². The Morgan fingerprint density at radius 3 is 1.02 bits per heavy atom. The van der Waals surface area contributed by atoms with Crippen molar-refractivity contribution < 1.29 is 37.3 Å². The fourth-order valence-corrected chi connectivity index (χ4v) is 11.8. The van der Waals surface area contributed by atoms with E-state index in [1.54, 1.807) is 0 Å². The molecule has 3 unspecified atom stereocenters. The van der Waals surface area contributed by atoms with Crippen LogP contribution in [0.4, 0.5) is 0 Å². The number of hydrogen-bond donors (Lipinski definition) is 2. The molecule has 0 bridgehead atoms. The quantitative estimate of drug-likeness (QED) is 0.0205. The molecule has 0 aliphatic heterocycles. The van der Waals surface area contributed by atoms with Crippen molar-refractivity contribution in [3.63, 3.8) is 0 Å². The Labute approximate surface area is 564 Å². The van der Waals surface area contributed by atoms with Crippen LogP contribution < -0.4 is 5.32 Å². The van der Waals surface area contributed by atoms with Crippen molar-refractivity contribution >= 4 is 19.7 Å². The van der Waals surface area contributed by atoms with E-state index in [2.05, 4.69) is 111 Å². The first-order valence-electron chi connectivity index (χ1n) is 38.6. The molecule has 0 rings (SSSR count). The second kappa shape index (κ2) is 69.8. The lowest BCUT2D eigenvalue weighted by atomic mass is 10.0. The number of amides is 1. The summed E-state index contributed by atoms with van der Waals surface area (Å²) in [6.07, 6.45) is 95.7. The summed E-state index contributed by atoms with van der Waals surface area (Å²) < 4.78 is 30.9. The van der Waals surface area contributed by atoms with Crippen LogP contribution in [-0.2, 0) is 27.9 Å². The van der Waals surface area contributed by atoms with E-state index in [9.17, 15) is 19.0 Å². The highest BCUT2D eigenvalue weighted by molar-refractivity contribution is 7.47. The molecule has 0 aliphatic rings. The van der Waals surface area contributed by atoms with Crippen LogP contribution in [0.3, 0.4) is 0 Å². The summed E-state index contributed by atoms with van der Waals surface area (Å²) in [7, 11) is 1.49. The minimum Gasteiger partial charge on any atom is -0.456 e. The molecule has 0 saturated heterocycles. The largest absolute Gasteiger partial charge is 0.472 e. The van der Waals surface area contributed by atoms with Crippen LogP contribution in [0, 0.1) is 0 Å². The molecule has 0 aromatic heterocycles. The van der Waals surface area contributed by atoms with Crippen molar-refractivity contribution in [3.8, 4) is 0 Å². The van der Waals surface area contributed by atoms with Gasteiger partial charge in [-0.3, -0.25) is 18.6 Å². The van der Waals surface area contributed by atoms with Crippen LogP contribution in [0.15, 0.2) is 97.2 Å². The third kappa shape index (κ3) is 71.1. The fraction of sp³-hybridized carbons (Fsp3) is 0.778. The molecular weight excluding hydrogens is 1140 g/mol. The lowest BCUT2D eigenvalue weighted by Crippen LogP contribution is -2.47. The van der Waals surface area contributed by atoms with E-state index in [0.717, 1.165) is 103 Å². The molecule has 1 amide bonds. The van der Waals surface area contributed by atoms with E-state index in [4.69, 9.17) is 13.8 Å². The van der Waals surface area contributed by atoms with Crippen LogP contribution in [0.1, 0.15) is 355 Å². The molecule has 528 valence electrons. The molecule has 0 aromatic rings. The van der Waals surface area contributed by atoms with Crippen molar-refractivity contribution in [3.05, 3.63) is 97.2 Å². The number of carbonyl (C=O) groups excluding carboxylic acids is 2. The van der Waals surface area contributed by atoms with Crippen molar-refractivity contribution in [2.45, 2.75) is 367 Å². The Bertz CT molecular complexity index is 1880. The van der Waals surface area contributed by atoms with Crippen LogP contribution >= 0.6 is 7.82 Å². The Balaban J connectivity index is 5.03. The number of nitrogens with zero attached hydrogens (tertiary/aromatic N) is 1. The third-order valence-electron chi connectivity index (χ3n) is 17.0. The number of phosphoric acid groups is 1. The molecule has 0 aliphatic carbocycles. The highest BCUT2D eigenvalue weighted by Crippen LogP contribution is 2.43. The Kier molecular flexibility index (Phi) is 67.4. The van der Waals surface area contributed by atoms with Crippen LogP contribution in [0.2, 0.25) is 0 Å². The monoisotopic (exact) mass is 1290 g/mol. The maximum atomic E-state index is 13.7. The average Bonchev–Trinajstić information content (AvgIpc) is 3.73. The smallest absolute Gasteiger partial charge is 0.456 e. The summed E-state index contributed by atoms with van der Waals surface area (Å²) in [6, 6.07) is -0.858. The SMILES string of the molecule is CCCCC/C=C\C/C=C\C/C=C\C/C=C\CCCCCCCCCCCC(=O)NC(COP(=O)(O)OCC[N+](C)(C)C)C(/C=C/CCCCCCCCCCCCC)OC(=O)CCCCCCCCCCCCCCCC/C=C\C/C=C\C/C=C\CCCCC. The standard InChI is InChI=1S/C81H147N2O7P/c1-7-10-13-16-19-22-25-28-30-32-34-36-38-40-41-43-45-47-49-51-53-56-59-62-65-68-71-74-81(85)90-79(72-69-66-63-60-57-54-27-24-21-18-15-12-9-3)78(77-89-91(86,87)88-76-75-83(4,5)6)82-80(84)73-70-67-64-61-58-55-52-50-48-46-44-42-39-37-35-33-31-29-26-23-20-17-14-11-8-2/h19-20,22-23,28-31,34-37,42,44,69,72,78-79H,7-18,21,24-27,32-33,38-41,43,45-68,70-71,73-77H2,1-6H3,(H-,82,84,86,87)/p+1/b22-19-,23-20-,30-28-,31-29-,36-34-,37-35-,44-42-,72-69+. The molecule has 3 atom stereocenters. The third-order valence-corrected chi connectivity index (χ3v) is 18.0. The van der Waals surface area contributed by atoms with E-state index in [0.29, 0.717) is 17.4 Å². The Morgan fingerprint density at radius 1 is 0.385 bits per heavy atom. The molecule has 10 heteroatoms. The number of hydrogen-bond acceptors (Lipinski definition) is 6. The van der Waals surface area contributed by atoms with Crippen molar-refractivity contribution in [1.29, 1.82) is 0 Å². The van der Waals surface area contributed by atoms with Gasteiger partial charge in [-0.1, -0.05) is 324 Å². The molecule has 0 fully saturated rings. The van der Waals surface area contributed by atoms with Gasteiger partial charge in [-0.25, -0.2) is 4.57 Å². The van der Waals surface area contributed by atoms with E-state index >= 15 is 0 Å². The normalized spacial score (nSPS) is 14.0. The van der Waals surface area contributed by atoms with E-state index in [-0.39, 0.29) is 31.5 Å². The van der Waals surface area contributed by atoms with Gasteiger partial charge < -0.3 is 19.4 Å². The van der Waals surface area contributed by atoms with Crippen LogP contribution in [-0.4, -0.2) is 74.3 Å². The van der Waals surface area contributed by atoms with Gasteiger partial charge in [0, 0.05) is 12.8 Å². The predicted octanol–water partition coefficient (Wildman–Crippen LogP) is 25.0. The number of carbonyl (C=O) groups is 2. The number of quaternary nitrogens is 1. The van der Waals surface area contributed by atoms with E-state index in [1.807, 2.05) is 33.3 Å². The van der Waals surface area contributed by atoms with Gasteiger partial charge in [0.1, 0.15) is 19.3 Å². The maximum Gasteiger partial charge on any atom is 0.472 e. The molecule has 0 saturated carbocycles. The van der Waals surface area contributed by atoms with Gasteiger partial charge in [0.15, 0.2) is 0 Å². The van der Waals surface area contributed by atoms with Crippen molar-refractivity contribution in [2.75, 3.05) is 40.9 Å². The summed E-state index contributed by atoms with van der Waals surface area (Å²) in [6.45, 7) is 6.99. The minimum absolute atomic E-state index is 0.0362. The average molecular weight is 1290 g/mol. The van der Waals surface area contributed by atoms with E-state index in [1.165, 1.54) is 218 Å². The summed E-state index contributed by atoms with van der Waals surface area (Å²) >= 11 is 0. The molecular formula is C81H148N2O7P+. The highest BCUT2D eigenvalue weighted by Gasteiger charge is 2.30. The first-order valence-corrected chi connectivity index (χ1v) is 40.1. The van der Waals surface area contributed by atoms with Crippen molar-refractivity contribution in [1.82, 2.24) is 5.32 Å². The van der Waals surface area contributed by atoms with E-state index < -0.39 is 20.0 Å². The van der Waals surface area contributed by atoms with Gasteiger partial charge >= 0.3 is 13.8 Å².